The van der Waals surface area contributed by atoms with E-state index in [4.69, 9.17) is 25.8 Å². The van der Waals surface area contributed by atoms with Gasteiger partial charge in [0.1, 0.15) is 0 Å². The first-order valence-corrected chi connectivity index (χ1v) is 11.2. The van der Waals surface area contributed by atoms with Crippen molar-refractivity contribution < 1.29 is 19.0 Å². The lowest BCUT2D eigenvalue weighted by atomic mass is 10.2. The van der Waals surface area contributed by atoms with Crippen molar-refractivity contribution in [3.05, 3.63) is 33.8 Å². The van der Waals surface area contributed by atoms with E-state index < -0.39 is 0 Å². The Labute approximate surface area is 186 Å². The number of carbonyl (C=O) groups is 1. The van der Waals surface area contributed by atoms with Crippen LogP contribution in [0.1, 0.15) is 43.7 Å². The molecule has 0 radical (unpaired) electrons. The fraction of sp³-hybridized carbons (Fsp3) is 0.524. The summed E-state index contributed by atoms with van der Waals surface area (Å²) in [5.74, 6) is 0.536. The van der Waals surface area contributed by atoms with Crippen molar-refractivity contribution in [3.8, 4) is 11.5 Å². The number of methoxy groups -OCH3 is 1. The third-order valence-corrected chi connectivity index (χ3v) is 5.59. The summed E-state index contributed by atoms with van der Waals surface area (Å²) < 4.78 is 16.8. The molecule has 2 atom stereocenters. The van der Waals surface area contributed by atoms with Crippen LogP contribution in [0, 0.1) is 0 Å². The first-order chi connectivity index (χ1) is 14.2. The number of anilines is 1. The Bertz CT molecular complexity index is 879. The van der Waals surface area contributed by atoms with Crippen LogP contribution in [0.15, 0.2) is 17.5 Å². The molecule has 1 aromatic carbocycles. The van der Waals surface area contributed by atoms with Crippen molar-refractivity contribution >= 4 is 34.0 Å². The number of rotatable bonds is 7. The summed E-state index contributed by atoms with van der Waals surface area (Å²) in [6.07, 6.45) is 0.338. The molecule has 7 nitrogen and oxygen atoms in total. The molecule has 9 heteroatoms. The van der Waals surface area contributed by atoms with Crippen LogP contribution in [0.3, 0.4) is 0 Å². The number of hydrogen-bond acceptors (Lipinski definition) is 7. The van der Waals surface area contributed by atoms with E-state index >= 15 is 0 Å². The zero-order chi connectivity index (χ0) is 21.8. The Morgan fingerprint density at radius 3 is 2.70 bits per heavy atom. The van der Waals surface area contributed by atoms with Gasteiger partial charge in [0.05, 0.1) is 36.1 Å². The van der Waals surface area contributed by atoms with Crippen molar-refractivity contribution in [3.63, 3.8) is 0 Å². The van der Waals surface area contributed by atoms with Crippen LogP contribution in [0.4, 0.5) is 5.13 Å². The molecule has 1 aliphatic rings. The summed E-state index contributed by atoms with van der Waals surface area (Å²) in [5, 5.41) is 5.67. The van der Waals surface area contributed by atoms with Crippen LogP contribution in [0.2, 0.25) is 5.02 Å². The molecule has 2 unspecified atom stereocenters. The van der Waals surface area contributed by atoms with Crippen LogP contribution in [0.25, 0.3) is 0 Å². The largest absolute Gasteiger partial charge is 0.493 e. The fourth-order valence-corrected chi connectivity index (χ4v) is 4.40. The van der Waals surface area contributed by atoms with E-state index in [1.54, 1.807) is 12.1 Å². The minimum atomic E-state index is -0.305. The minimum Gasteiger partial charge on any atom is -0.493 e. The molecule has 0 bridgehead atoms. The van der Waals surface area contributed by atoms with Crippen molar-refractivity contribution in [2.45, 2.75) is 52.6 Å². The third-order valence-electron chi connectivity index (χ3n) is 4.50. The van der Waals surface area contributed by atoms with Gasteiger partial charge in [-0.25, -0.2) is 4.98 Å². The van der Waals surface area contributed by atoms with Gasteiger partial charge < -0.3 is 14.2 Å². The summed E-state index contributed by atoms with van der Waals surface area (Å²) in [6, 6.07) is 3.19. The van der Waals surface area contributed by atoms with Gasteiger partial charge in [-0.1, -0.05) is 11.6 Å². The number of morpholine rings is 1. The summed E-state index contributed by atoms with van der Waals surface area (Å²) in [7, 11) is 1.51. The average molecular weight is 454 g/mol. The first kappa shape index (κ1) is 22.8. The van der Waals surface area contributed by atoms with Crippen molar-refractivity contribution in [2.24, 2.45) is 0 Å². The SMILES string of the molecule is COc1cc(C(=O)Nc2nc(CN3CC(C)OC(C)C3)cs2)cc(Cl)c1OC(C)C. The smallest absolute Gasteiger partial charge is 0.257 e. The molecule has 1 N–H and O–H groups in total. The zero-order valence-corrected chi connectivity index (χ0v) is 19.5. The Balaban J connectivity index is 1.67. The molecule has 0 spiro atoms. The van der Waals surface area contributed by atoms with Gasteiger partial charge in [-0.3, -0.25) is 15.0 Å². The van der Waals surface area contributed by atoms with Gasteiger partial charge in [0.2, 0.25) is 0 Å². The molecule has 2 aromatic rings. The van der Waals surface area contributed by atoms with E-state index in [-0.39, 0.29) is 24.2 Å². The first-order valence-electron chi connectivity index (χ1n) is 9.93. The highest BCUT2D eigenvalue weighted by Crippen LogP contribution is 2.37. The Kier molecular flexibility index (Phi) is 7.57. The molecule has 1 saturated heterocycles. The zero-order valence-electron chi connectivity index (χ0n) is 17.9. The summed E-state index contributed by atoms with van der Waals surface area (Å²) in [4.78, 5) is 19.6. The highest BCUT2D eigenvalue weighted by Gasteiger charge is 2.23. The number of aromatic nitrogens is 1. The predicted molar refractivity (Wildman–Crippen MR) is 119 cm³/mol. The van der Waals surface area contributed by atoms with Gasteiger partial charge in [-0.05, 0) is 39.8 Å². The Morgan fingerprint density at radius 1 is 1.37 bits per heavy atom. The van der Waals surface area contributed by atoms with Crippen molar-refractivity contribution in [2.75, 3.05) is 25.5 Å². The molecule has 1 aliphatic heterocycles. The van der Waals surface area contributed by atoms with Crippen molar-refractivity contribution in [1.82, 2.24) is 9.88 Å². The second kappa shape index (κ2) is 9.96. The summed E-state index contributed by atoms with van der Waals surface area (Å²) in [6.45, 7) is 10.4. The average Bonchev–Trinajstić information content (AvgIpc) is 3.08. The molecule has 3 rings (SSSR count). The van der Waals surface area contributed by atoms with Crippen molar-refractivity contribution in [1.29, 1.82) is 0 Å². The van der Waals surface area contributed by atoms with Crippen LogP contribution < -0.4 is 14.8 Å². The van der Waals surface area contributed by atoms with Gasteiger partial charge >= 0.3 is 0 Å². The highest BCUT2D eigenvalue weighted by atomic mass is 35.5. The molecule has 1 amide bonds. The number of hydrogen-bond donors (Lipinski definition) is 1. The molecule has 1 aromatic heterocycles. The summed E-state index contributed by atoms with van der Waals surface area (Å²) in [5.41, 5.74) is 1.30. The van der Waals surface area contributed by atoms with Crippen LogP contribution in [-0.2, 0) is 11.3 Å². The Hall–Kier alpha value is -1.87. The second-order valence-corrected chi connectivity index (χ2v) is 8.97. The maximum atomic E-state index is 12.7. The number of halogens is 1. The van der Waals surface area contributed by atoms with Gasteiger partial charge in [-0.15, -0.1) is 11.3 Å². The maximum Gasteiger partial charge on any atom is 0.257 e. The van der Waals surface area contributed by atoms with Gasteiger partial charge in [0.25, 0.3) is 5.91 Å². The summed E-state index contributed by atoms with van der Waals surface area (Å²) >= 11 is 7.73. The number of thiazole rings is 1. The molecule has 0 saturated carbocycles. The standard InChI is InChI=1S/C21H28ClN3O4S/c1-12(2)28-19-17(22)6-15(7-18(19)27-5)20(26)24-21-23-16(11-30-21)10-25-8-13(3)29-14(4)9-25/h6-7,11-14H,8-10H2,1-5H3,(H,23,24,26). The number of amides is 1. The van der Waals surface area contributed by atoms with E-state index in [2.05, 4.69) is 29.0 Å². The minimum absolute atomic E-state index is 0.0674. The molecule has 30 heavy (non-hydrogen) atoms. The molecule has 0 aliphatic carbocycles. The van der Waals surface area contributed by atoms with E-state index in [0.717, 1.165) is 25.3 Å². The number of nitrogens with one attached hydrogen (secondary N) is 1. The number of ether oxygens (including phenoxy) is 3. The lowest BCUT2D eigenvalue weighted by Crippen LogP contribution is -2.44. The van der Waals surface area contributed by atoms with E-state index in [9.17, 15) is 4.79 Å². The monoisotopic (exact) mass is 453 g/mol. The van der Waals surface area contributed by atoms with E-state index in [1.807, 2.05) is 19.2 Å². The van der Waals surface area contributed by atoms with E-state index in [1.165, 1.54) is 18.4 Å². The number of carbonyl (C=O) groups excluding carboxylic acids is 1. The molecular weight excluding hydrogens is 426 g/mol. The van der Waals surface area contributed by atoms with Crippen LogP contribution >= 0.6 is 22.9 Å². The van der Waals surface area contributed by atoms with Crippen LogP contribution in [-0.4, -0.2) is 54.3 Å². The predicted octanol–water partition coefficient (Wildman–Crippen LogP) is 4.45. The van der Waals surface area contributed by atoms with Gasteiger partial charge in [0, 0.05) is 30.6 Å². The normalized spacial score (nSPS) is 19.7. The quantitative estimate of drug-likeness (QED) is 0.667. The van der Waals surface area contributed by atoms with Gasteiger partial charge in [-0.2, -0.15) is 0 Å². The topological polar surface area (TPSA) is 72.9 Å². The number of nitrogens with zero attached hydrogens (tertiary/aromatic N) is 2. The fourth-order valence-electron chi connectivity index (χ4n) is 3.45. The maximum absolute atomic E-state index is 12.7. The lowest BCUT2D eigenvalue weighted by molar-refractivity contribution is -0.0707. The molecule has 164 valence electrons. The van der Waals surface area contributed by atoms with E-state index in [0.29, 0.717) is 27.2 Å². The Morgan fingerprint density at radius 2 is 2.07 bits per heavy atom. The molecule has 1 fully saturated rings. The number of benzene rings is 1. The lowest BCUT2D eigenvalue weighted by Gasteiger charge is -2.34. The van der Waals surface area contributed by atoms with Crippen LogP contribution in [0.5, 0.6) is 11.5 Å². The van der Waals surface area contributed by atoms with Gasteiger partial charge in [0.15, 0.2) is 16.6 Å². The second-order valence-electron chi connectivity index (χ2n) is 7.71. The molecular formula is C21H28ClN3O4S. The highest BCUT2D eigenvalue weighted by molar-refractivity contribution is 7.14. The molecule has 2 heterocycles. The third kappa shape index (κ3) is 5.85.